The quantitative estimate of drug-likeness (QED) is 0.341. The third-order valence-electron chi connectivity index (χ3n) is 6.33. The van der Waals surface area contributed by atoms with Gasteiger partial charge in [0, 0.05) is 10.6 Å². The van der Waals surface area contributed by atoms with Crippen LogP contribution in [0.2, 0.25) is 5.02 Å². The first-order valence-corrected chi connectivity index (χ1v) is 12.6. The van der Waals surface area contributed by atoms with E-state index in [9.17, 15) is 28.0 Å². The first kappa shape index (κ1) is 27.8. The molecule has 1 aliphatic rings. The molecule has 6 nitrogen and oxygen atoms in total. The second kappa shape index (κ2) is 10.3. The lowest BCUT2D eigenvalue weighted by Crippen LogP contribution is -2.69. The summed E-state index contributed by atoms with van der Waals surface area (Å²) < 4.78 is 48.9. The maximum absolute atomic E-state index is 14.7. The number of anilines is 1. The second-order valence-corrected chi connectivity index (χ2v) is 11.1. The molecule has 0 fully saturated rings. The summed E-state index contributed by atoms with van der Waals surface area (Å²) in [6.45, 7) is 7.18. The van der Waals surface area contributed by atoms with Gasteiger partial charge in [0.1, 0.15) is 10.9 Å². The van der Waals surface area contributed by atoms with Crippen LogP contribution >= 0.6 is 22.9 Å². The van der Waals surface area contributed by atoms with Gasteiger partial charge in [-0.25, -0.2) is 4.79 Å². The van der Waals surface area contributed by atoms with Gasteiger partial charge in [0.05, 0.1) is 11.6 Å². The van der Waals surface area contributed by atoms with Crippen molar-refractivity contribution in [1.82, 2.24) is 5.32 Å². The van der Waals surface area contributed by atoms with Crippen molar-refractivity contribution in [2.75, 3.05) is 11.9 Å². The van der Waals surface area contributed by atoms with E-state index in [0.29, 0.717) is 24.0 Å². The first-order valence-electron chi connectivity index (χ1n) is 11.4. The number of ether oxygens (including phenoxy) is 1. The van der Waals surface area contributed by atoms with E-state index in [1.807, 2.05) is 5.32 Å². The highest BCUT2D eigenvalue weighted by molar-refractivity contribution is 7.17. The number of fused-ring (bicyclic) bond motifs is 1. The van der Waals surface area contributed by atoms with Crippen molar-refractivity contribution >= 4 is 39.8 Å². The number of hydrogen-bond donors (Lipinski definition) is 2. The molecule has 194 valence electrons. The van der Waals surface area contributed by atoms with E-state index in [0.717, 1.165) is 17.8 Å². The van der Waals surface area contributed by atoms with Gasteiger partial charge in [-0.1, -0.05) is 38.4 Å². The zero-order valence-electron chi connectivity index (χ0n) is 20.3. The summed E-state index contributed by atoms with van der Waals surface area (Å²) in [4.78, 5) is 26.1. The van der Waals surface area contributed by atoms with Gasteiger partial charge < -0.3 is 15.4 Å². The van der Waals surface area contributed by atoms with Gasteiger partial charge in [-0.15, -0.1) is 11.3 Å². The Kier molecular flexibility index (Phi) is 7.96. The minimum atomic E-state index is -5.30. The van der Waals surface area contributed by atoms with Crippen LogP contribution in [0.3, 0.4) is 0 Å². The molecule has 2 unspecified atom stereocenters. The molecule has 0 saturated carbocycles. The summed E-state index contributed by atoms with van der Waals surface area (Å²) in [5.41, 5.74) is -2.65. The lowest BCUT2D eigenvalue weighted by atomic mass is 9.71. The van der Waals surface area contributed by atoms with Gasteiger partial charge in [0.25, 0.3) is 5.91 Å². The fourth-order valence-electron chi connectivity index (χ4n) is 4.25. The number of nitrogens with zero attached hydrogens (tertiary/aromatic N) is 1. The van der Waals surface area contributed by atoms with E-state index in [2.05, 4.69) is 32.2 Å². The van der Waals surface area contributed by atoms with Crippen LogP contribution in [-0.2, 0) is 22.4 Å². The predicted molar refractivity (Wildman–Crippen MR) is 132 cm³/mol. The molecule has 2 atom stereocenters. The normalized spacial score (nSPS) is 17.4. The number of benzene rings is 1. The number of esters is 1. The number of hydrogen-bond acceptors (Lipinski definition) is 6. The largest absolute Gasteiger partial charge is 0.463 e. The van der Waals surface area contributed by atoms with Crippen LogP contribution in [0.4, 0.5) is 18.2 Å². The summed E-state index contributed by atoms with van der Waals surface area (Å²) >= 11 is 6.74. The van der Waals surface area contributed by atoms with Crippen LogP contribution in [0.25, 0.3) is 0 Å². The highest BCUT2D eigenvalue weighted by atomic mass is 35.5. The minimum Gasteiger partial charge on any atom is -0.463 e. The molecule has 2 N–H and O–H groups in total. The van der Waals surface area contributed by atoms with Crippen molar-refractivity contribution in [3.05, 3.63) is 50.9 Å². The Labute approximate surface area is 216 Å². The zero-order chi connectivity index (χ0) is 26.9. The Morgan fingerprint density at radius 2 is 1.94 bits per heavy atom. The molecule has 1 heterocycles. The van der Waals surface area contributed by atoms with Crippen LogP contribution in [0.1, 0.15) is 60.5 Å². The average Bonchev–Trinajstić information content (AvgIpc) is 3.14. The molecule has 1 amide bonds. The molecular weight excluding hydrogens is 515 g/mol. The Morgan fingerprint density at radius 1 is 1.25 bits per heavy atom. The second-order valence-electron chi connectivity index (χ2n) is 9.69. The predicted octanol–water partition coefficient (Wildman–Crippen LogP) is 6.09. The van der Waals surface area contributed by atoms with E-state index >= 15 is 0 Å². The molecule has 0 saturated heterocycles. The number of nitrogens with one attached hydrogen (secondary N) is 2. The smallest absolute Gasteiger partial charge is 0.441 e. The highest BCUT2D eigenvalue weighted by Crippen LogP contribution is 2.46. The van der Waals surface area contributed by atoms with Gasteiger partial charge in [-0.3, -0.25) is 4.79 Å². The van der Waals surface area contributed by atoms with E-state index < -0.39 is 23.7 Å². The summed E-state index contributed by atoms with van der Waals surface area (Å²) in [5.74, 6) is -2.73. The Balaban J connectivity index is 2.13. The average molecular weight is 542 g/mol. The molecule has 2 aromatic rings. The number of halogens is 4. The molecule has 11 heteroatoms. The molecule has 1 aromatic carbocycles. The van der Waals surface area contributed by atoms with E-state index in [-0.39, 0.29) is 38.4 Å². The number of alkyl halides is 3. The Morgan fingerprint density at radius 3 is 2.50 bits per heavy atom. The highest BCUT2D eigenvalue weighted by Gasteiger charge is 2.64. The molecule has 1 aromatic heterocycles. The van der Waals surface area contributed by atoms with Crippen LogP contribution in [0.5, 0.6) is 0 Å². The van der Waals surface area contributed by atoms with Gasteiger partial charge in [-0.05, 0) is 66.8 Å². The molecular formula is C25H27ClF3N3O3S. The number of carbonyl (C=O) groups is 2. The zero-order valence-corrected chi connectivity index (χ0v) is 21.9. The van der Waals surface area contributed by atoms with Gasteiger partial charge in [0.15, 0.2) is 0 Å². The van der Waals surface area contributed by atoms with Crippen molar-refractivity contribution in [2.45, 2.75) is 58.8 Å². The van der Waals surface area contributed by atoms with E-state index in [4.69, 9.17) is 16.3 Å². The fraction of sp³-hybridized carbons (Fsp3) is 0.480. The van der Waals surface area contributed by atoms with E-state index in [1.165, 1.54) is 31.2 Å². The maximum Gasteiger partial charge on any atom is 0.441 e. The SMILES string of the molecule is CCOC(=O)C(NC(=O)c1cccc(Cl)c1)(Nc1sc(C#N)c2c1CC(C(C)(C)C)CC2)C(F)(F)F. The first-order chi connectivity index (χ1) is 16.7. The summed E-state index contributed by atoms with van der Waals surface area (Å²) in [5, 5.41) is 13.9. The molecule has 0 aliphatic heterocycles. The van der Waals surface area contributed by atoms with Crippen molar-refractivity contribution in [2.24, 2.45) is 11.3 Å². The monoisotopic (exact) mass is 541 g/mol. The summed E-state index contributed by atoms with van der Waals surface area (Å²) in [6.07, 6.45) is -3.55. The minimum absolute atomic E-state index is 0.00673. The standard InChI is InChI=1S/C25H27ClF3N3O3S/c1-5-35-22(34)24(25(27,28)29,31-20(33)14-7-6-8-16(26)11-14)32-21-18-12-15(23(2,3)4)9-10-17(18)19(13-30)36-21/h6-8,11,15,32H,5,9-10,12H2,1-4H3,(H,31,33). The van der Waals surface area contributed by atoms with Crippen LogP contribution in [0, 0.1) is 22.7 Å². The third kappa shape index (κ3) is 5.47. The van der Waals surface area contributed by atoms with Crippen LogP contribution < -0.4 is 10.6 Å². The number of nitriles is 1. The van der Waals surface area contributed by atoms with Gasteiger partial charge >= 0.3 is 17.8 Å². The van der Waals surface area contributed by atoms with Gasteiger partial charge in [-0.2, -0.15) is 18.4 Å². The third-order valence-corrected chi connectivity index (χ3v) is 7.66. The van der Waals surface area contributed by atoms with Crippen molar-refractivity contribution in [1.29, 1.82) is 5.26 Å². The lowest BCUT2D eigenvalue weighted by molar-refractivity contribution is -0.204. The van der Waals surface area contributed by atoms with Crippen LogP contribution in [0.15, 0.2) is 24.3 Å². The number of amides is 1. The maximum atomic E-state index is 14.7. The fourth-order valence-corrected chi connectivity index (χ4v) is 5.57. The van der Waals surface area contributed by atoms with Crippen molar-refractivity contribution in [3.63, 3.8) is 0 Å². The van der Waals surface area contributed by atoms with Crippen molar-refractivity contribution < 1.29 is 27.5 Å². The molecule has 3 rings (SSSR count). The number of rotatable bonds is 6. The number of carbonyl (C=O) groups excluding carboxylic acids is 2. The summed E-state index contributed by atoms with van der Waals surface area (Å²) in [6, 6.07) is 7.40. The Hall–Kier alpha value is -2.77. The van der Waals surface area contributed by atoms with Crippen molar-refractivity contribution in [3.8, 4) is 6.07 Å². The topological polar surface area (TPSA) is 91.2 Å². The summed E-state index contributed by atoms with van der Waals surface area (Å²) in [7, 11) is 0. The number of thiophene rings is 1. The molecule has 1 aliphatic carbocycles. The molecule has 36 heavy (non-hydrogen) atoms. The van der Waals surface area contributed by atoms with E-state index in [1.54, 1.807) is 0 Å². The molecule has 0 spiro atoms. The van der Waals surface area contributed by atoms with Gasteiger partial charge in [0.2, 0.25) is 0 Å². The molecule has 0 bridgehead atoms. The lowest BCUT2D eigenvalue weighted by Gasteiger charge is -2.37. The Bertz CT molecular complexity index is 1200. The molecule has 0 radical (unpaired) electrons. The van der Waals surface area contributed by atoms with Crippen LogP contribution in [-0.4, -0.2) is 30.3 Å².